The van der Waals surface area contributed by atoms with Gasteiger partial charge in [-0.05, 0) is 36.1 Å². The third kappa shape index (κ3) is 2.72. The summed E-state index contributed by atoms with van der Waals surface area (Å²) in [4.78, 5) is 20.1. The third-order valence-corrected chi connectivity index (χ3v) is 5.12. The van der Waals surface area contributed by atoms with Crippen LogP contribution in [-0.4, -0.2) is 19.6 Å². The van der Waals surface area contributed by atoms with E-state index in [0.29, 0.717) is 22.4 Å². The smallest absolute Gasteiger partial charge is 0.361 e. The number of alkyl halides is 3. The van der Waals surface area contributed by atoms with E-state index >= 15 is 0 Å². The summed E-state index contributed by atoms with van der Waals surface area (Å²) in [6, 6.07) is 15.4. The standard InChI is InChI=1S/C22H15F3N4O/c1-12-17(15-7-8-16-14(11-15)9-10-26-16)19(30)21-27-20(22(23,24)25)18(29(21)28-12)13-5-3-2-4-6-13/h2-11,26,28H,1H3. The SMILES string of the molecule is Cc1[nH]n2c(-c3ccccc3)c(C(F)(F)F)nc2c(=O)c1-c1ccc2[nH]ccc2c1. The van der Waals surface area contributed by atoms with Crippen molar-refractivity contribution in [1.29, 1.82) is 0 Å². The summed E-state index contributed by atoms with van der Waals surface area (Å²) in [5.74, 6) is 0. The molecule has 0 aliphatic heterocycles. The monoisotopic (exact) mass is 408 g/mol. The van der Waals surface area contributed by atoms with Crippen LogP contribution >= 0.6 is 0 Å². The van der Waals surface area contributed by atoms with Gasteiger partial charge >= 0.3 is 6.18 Å². The van der Waals surface area contributed by atoms with Crippen LogP contribution < -0.4 is 5.43 Å². The Balaban J connectivity index is 1.84. The number of H-pyrrole nitrogens is 2. The lowest BCUT2D eigenvalue weighted by molar-refractivity contribution is -0.140. The Kier molecular flexibility index (Phi) is 3.86. The fourth-order valence-electron chi connectivity index (χ4n) is 3.80. The molecule has 0 bridgehead atoms. The Morgan fingerprint density at radius 1 is 1.00 bits per heavy atom. The molecule has 8 heteroatoms. The highest BCUT2D eigenvalue weighted by atomic mass is 19.4. The van der Waals surface area contributed by atoms with Gasteiger partial charge in [0.15, 0.2) is 5.69 Å². The summed E-state index contributed by atoms with van der Waals surface area (Å²) < 4.78 is 42.4. The van der Waals surface area contributed by atoms with E-state index in [1.807, 2.05) is 18.2 Å². The molecule has 30 heavy (non-hydrogen) atoms. The van der Waals surface area contributed by atoms with Crippen LogP contribution in [0.25, 0.3) is 38.9 Å². The maximum Gasteiger partial charge on any atom is 0.435 e. The van der Waals surface area contributed by atoms with E-state index in [1.54, 1.807) is 49.5 Å². The van der Waals surface area contributed by atoms with Crippen LogP contribution in [-0.2, 0) is 6.18 Å². The molecule has 2 aromatic carbocycles. The van der Waals surface area contributed by atoms with Gasteiger partial charge in [-0.2, -0.15) is 13.2 Å². The van der Waals surface area contributed by atoms with Crippen LogP contribution in [0.4, 0.5) is 13.2 Å². The number of benzene rings is 2. The highest BCUT2D eigenvalue weighted by Crippen LogP contribution is 2.37. The van der Waals surface area contributed by atoms with Gasteiger partial charge in [0.1, 0.15) is 5.69 Å². The second-order valence-corrected chi connectivity index (χ2v) is 7.05. The molecule has 0 aliphatic rings. The van der Waals surface area contributed by atoms with Gasteiger partial charge in [0, 0.05) is 23.0 Å². The first-order chi connectivity index (χ1) is 14.3. The minimum atomic E-state index is -4.71. The number of aromatic amines is 2. The predicted molar refractivity (Wildman–Crippen MR) is 108 cm³/mol. The molecular weight excluding hydrogens is 393 g/mol. The summed E-state index contributed by atoms with van der Waals surface area (Å²) in [6.07, 6.45) is -2.93. The number of imidazole rings is 1. The van der Waals surface area contributed by atoms with Gasteiger partial charge in [0.05, 0.1) is 5.56 Å². The summed E-state index contributed by atoms with van der Waals surface area (Å²) in [6.45, 7) is 1.67. The van der Waals surface area contributed by atoms with Crippen molar-refractivity contribution in [2.45, 2.75) is 13.1 Å². The van der Waals surface area contributed by atoms with Crippen LogP contribution in [0.5, 0.6) is 0 Å². The molecule has 3 heterocycles. The van der Waals surface area contributed by atoms with Crippen molar-refractivity contribution < 1.29 is 13.2 Å². The number of hydrogen-bond acceptors (Lipinski definition) is 2. The van der Waals surface area contributed by atoms with Gasteiger partial charge < -0.3 is 4.98 Å². The molecule has 0 atom stereocenters. The Hall–Kier alpha value is -3.81. The van der Waals surface area contributed by atoms with Crippen molar-refractivity contribution in [3.63, 3.8) is 0 Å². The van der Waals surface area contributed by atoms with Crippen LogP contribution in [0.1, 0.15) is 11.4 Å². The zero-order valence-electron chi connectivity index (χ0n) is 15.7. The Morgan fingerprint density at radius 2 is 1.77 bits per heavy atom. The van der Waals surface area contributed by atoms with Crippen molar-refractivity contribution >= 4 is 16.6 Å². The number of aryl methyl sites for hydroxylation is 1. The lowest BCUT2D eigenvalue weighted by atomic mass is 10.0. The Bertz CT molecular complexity index is 1460. The highest BCUT2D eigenvalue weighted by molar-refractivity contribution is 5.86. The van der Waals surface area contributed by atoms with Crippen molar-refractivity contribution in [2.75, 3.05) is 0 Å². The van der Waals surface area contributed by atoms with Gasteiger partial charge in [-0.25, -0.2) is 9.50 Å². The summed E-state index contributed by atoms with van der Waals surface area (Å²) in [5.41, 5.74) is 0.431. The van der Waals surface area contributed by atoms with Gasteiger partial charge in [-0.1, -0.05) is 36.4 Å². The first kappa shape index (κ1) is 18.2. The van der Waals surface area contributed by atoms with Gasteiger partial charge in [0.2, 0.25) is 11.1 Å². The first-order valence-electron chi connectivity index (χ1n) is 9.20. The summed E-state index contributed by atoms with van der Waals surface area (Å²) in [5, 5.41) is 3.84. The molecule has 0 fully saturated rings. The molecular formula is C22H15F3N4O. The van der Waals surface area contributed by atoms with E-state index in [0.717, 1.165) is 15.4 Å². The predicted octanol–water partition coefficient (Wildman–Crippen LogP) is 5.17. The second-order valence-electron chi connectivity index (χ2n) is 7.05. The minimum Gasteiger partial charge on any atom is -0.361 e. The second kappa shape index (κ2) is 6.35. The number of halogens is 3. The molecule has 0 amide bonds. The molecule has 0 radical (unpaired) electrons. The van der Waals surface area contributed by atoms with E-state index in [1.165, 1.54) is 0 Å². The van der Waals surface area contributed by atoms with Gasteiger partial charge in [0.25, 0.3) is 0 Å². The van der Waals surface area contributed by atoms with Crippen molar-refractivity contribution in [3.05, 3.63) is 82.4 Å². The van der Waals surface area contributed by atoms with E-state index in [-0.39, 0.29) is 11.3 Å². The Morgan fingerprint density at radius 3 is 2.50 bits per heavy atom. The zero-order valence-corrected chi connectivity index (χ0v) is 15.7. The van der Waals surface area contributed by atoms with E-state index in [4.69, 9.17) is 0 Å². The quantitative estimate of drug-likeness (QED) is 0.423. The van der Waals surface area contributed by atoms with Crippen molar-refractivity contribution in [1.82, 2.24) is 19.6 Å². The molecule has 3 aromatic heterocycles. The molecule has 0 aliphatic carbocycles. The fraction of sp³-hybridized carbons (Fsp3) is 0.0909. The van der Waals surface area contributed by atoms with E-state index < -0.39 is 17.3 Å². The molecule has 0 unspecified atom stereocenters. The number of nitrogens with one attached hydrogen (secondary N) is 2. The molecule has 0 spiro atoms. The summed E-state index contributed by atoms with van der Waals surface area (Å²) in [7, 11) is 0. The number of aromatic nitrogens is 4. The fourth-order valence-corrected chi connectivity index (χ4v) is 3.80. The average molecular weight is 408 g/mol. The lowest BCUT2D eigenvalue weighted by Crippen LogP contribution is -2.14. The topological polar surface area (TPSA) is 66.0 Å². The van der Waals surface area contributed by atoms with Crippen molar-refractivity contribution in [2.24, 2.45) is 0 Å². The molecule has 0 saturated heterocycles. The highest BCUT2D eigenvalue weighted by Gasteiger charge is 2.39. The molecule has 0 saturated carbocycles. The molecule has 150 valence electrons. The normalized spacial score (nSPS) is 12.1. The van der Waals surface area contributed by atoms with Crippen LogP contribution in [0.2, 0.25) is 0 Å². The van der Waals surface area contributed by atoms with E-state index in [2.05, 4.69) is 15.1 Å². The Labute approximate surface area is 167 Å². The van der Waals surface area contributed by atoms with Gasteiger partial charge in [-0.3, -0.25) is 9.89 Å². The van der Waals surface area contributed by atoms with Crippen LogP contribution in [0.15, 0.2) is 65.6 Å². The zero-order chi connectivity index (χ0) is 21.0. The lowest BCUT2D eigenvalue weighted by Gasteiger charge is -2.10. The summed E-state index contributed by atoms with van der Waals surface area (Å²) >= 11 is 0. The average Bonchev–Trinajstić information content (AvgIpc) is 3.32. The number of rotatable bonds is 2. The molecule has 5 nitrogen and oxygen atoms in total. The van der Waals surface area contributed by atoms with Gasteiger partial charge in [-0.15, -0.1) is 0 Å². The first-order valence-corrected chi connectivity index (χ1v) is 9.20. The molecule has 2 N–H and O–H groups in total. The maximum absolute atomic E-state index is 13.8. The van der Waals surface area contributed by atoms with Crippen LogP contribution in [0, 0.1) is 6.92 Å². The van der Waals surface area contributed by atoms with E-state index in [9.17, 15) is 18.0 Å². The van der Waals surface area contributed by atoms with Crippen molar-refractivity contribution in [3.8, 4) is 22.4 Å². The van der Waals surface area contributed by atoms with Crippen LogP contribution in [0.3, 0.4) is 0 Å². The number of hydrogen-bond donors (Lipinski definition) is 2. The number of fused-ring (bicyclic) bond motifs is 2. The minimum absolute atomic E-state index is 0.189. The largest absolute Gasteiger partial charge is 0.435 e. The maximum atomic E-state index is 13.8. The number of nitrogens with zero attached hydrogens (tertiary/aromatic N) is 2. The molecule has 5 aromatic rings. The molecule has 5 rings (SSSR count). The third-order valence-electron chi connectivity index (χ3n) is 5.12.